The maximum Gasteiger partial charge on any atom is 0.178 e. The van der Waals surface area contributed by atoms with Gasteiger partial charge in [0, 0.05) is 6.54 Å². The number of imidazole rings is 1. The number of rotatable bonds is 2. The summed E-state index contributed by atoms with van der Waals surface area (Å²) >= 11 is 5.16. The molecule has 2 aromatic rings. The third kappa shape index (κ3) is 1.85. The van der Waals surface area contributed by atoms with Gasteiger partial charge in [-0.25, -0.2) is 4.39 Å². The monoisotopic (exact) mass is 222 g/mol. The summed E-state index contributed by atoms with van der Waals surface area (Å²) < 4.78 is 15.5. The minimum atomic E-state index is -0.263. The number of fused-ring (bicyclic) bond motifs is 1. The van der Waals surface area contributed by atoms with E-state index in [0.29, 0.717) is 11.3 Å². The molecule has 2 nitrogen and oxygen atoms in total. The summed E-state index contributed by atoms with van der Waals surface area (Å²) in [7, 11) is 0. The molecule has 0 radical (unpaired) electrons. The summed E-state index contributed by atoms with van der Waals surface area (Å²) in [5, 5.41) is 0. The first-order valence-corrected chi connectivity index (χ1v) is 5.01. The summed E-state index contributed by atoms with van der Waals surface area (Å²) in [5.41, 5.74) is 2.64. The van der Waals surface area contributed by atoms with Gasteiger partial charge in [0.1, 0.15) is 5.82 Å². The Kier molecular flexibility index (Phi) is 2.44. The number of nitrogens with one attached hydrogen (secondary N) is 1. The second-order valence-electron chi connectivity index (χ2n) is 3.63. The Morgan fingerprint density at radius 2 is 2.33 bits per heavy atom. The van der Waals surface area contributed by atoms with Gasteiger partial charge >= 0.3 is 0 Å². The molecule has 0 saturated heterocycles. The van der Waals surface area contributed by atoms with Crippen molar-refractivity contribution in [3.8, 4) is 0 Å². The number of nitrogens with zero attached hydrogens (tertiary/aromatic N) is 1. The summed E-state index contributed by atoms with van der Waals surface area (Å²) in [6.07, 6.45) is 0. The van der Waals surface area contributed by atoms with Crippen LogP contribution in [0.3, 0.4) is 0 Å². The fourth-order valence-corrected chi connectivity index (χ4v) is 1.84. The number of allylic oxidation sites excluding steroid dienone is 1. The maximum absolute atomic E-state index is 13.0. The van der Waals surface area contributed by atoms with E-state index in [1.54, 1.807) is 6.07 Å². The number of hydrogen-bond acceptors (Lipinski definition) is 1. The normalized spacial score (nSPS) is 10.8. The van der Waals surface area contributed by atoms with E-state index in [-0.39, 0.29) is 5.82 Å². The van der Waals surface area contributed by atoms with Crippen molar-refractivity contribution < 1.29 is 4.39 Å². The van der Waals surface area contributed by atoms with Gasteiger partial charge < -0.3 is 9.55 Å². The van der Waals surface area contributed by atoms with Gasteiger partial charge in [0.05, 0.1) is 11.0 Å². The Hall–Kier alpha value is -1.42. The second kappa shape index (κ2) is 3.62. The molecule has 1 aromatic heterocycles. The Balaban J connectivity index is 2.68. The molecule has 0 bridgehead atoms. The van der Waals surface area contributed by atoms with Crippen LogP contribution in [0.5, 0.6) is 0 Å². The molecule has 15 heavy (non-hydrogen) atoms. The van der Waals surface area contributed by atoms with Gasteiger partial charge in [-0.15, -0.1) is 0 Å². The van der Waals surface area contributed by atoms with E-state index >= 15 is 0 Å². The predicted octanol–water partition coefficient (Wildman–Crippen LogP) is 3.41. The third-order valence-electron chi connectivity index (χ3n) is 2.16. The smallest absolute Gasteiger partial charge is 0.178 e. The van der Waals surface area contributed by atoms with E-state index in [4.69, 9.17) is 12.2 Å². The van der Waals surface area contributed by atoms with Gasteiger partial charge in [-0.1, -0.05) is 12.2 Å². The van der Waals surface area contributed by atoms with Crippen LogP contribution in [0.25, 0.3) is 11.0 Å². The maximum atomic E-state index is 13.0. The van der Waals surface area contributed by atoms with Crippen molar-refractivity contribution in [1.29, 1.82) is 0 Å². The Morgan fingerprint density at radius 1 is 1.60 bits per heavy atom. The first-order chi connectivity index (χ1) is 7.08. The Bertz CT molecular complexity index is 580. The van der Waals surface area contributed by atoms with Gasteiger partial charge in [-0.05, 0) is 37.3 Å². The average molecular weight is 222 g/mol. The summed E-state index contributed by atoms with van der Waals surface area (Å²) in [4.78, 5) is 2.97. The molecule has 0 spiro atoms. The molecule has 0 unspecified atom stereocenters. The molecule has 4 heteroatoms. The molecule has 0 aliphatic carbocycles. The zero-order chi connectivity index (χ0) is 11.0. The van der Waals surface area contributed by atoms with Gasteiger partial charge in [-0.2, -0.15) is 0 Å². The number of halogens is 1. The highest BCUT2D eigenvalue weighted by atomic mass is 32.1. The van der Waals surface area contributed by atoms with Crippen molar-refractivity contribution in [3.63, 3.8) is 0 Å². The van der Waals surface area contributed by atoms with Crippen LogP contribution in [0.4, 0.5) is 4.39 Å². The highest BCUT2D eigenvalue weighted by Gasteiger charge is 2.04. The SMILES string of the molecule is C=C(C)Cn1c(=S)[nH]c2cc(F)ccc21. The molecule has 1 heterocycles. The van der Waals surface area contributed by atoms with Crippen molar-refractivity contribution >= 4 is 23.3 Å². The van der Waals surface area contributed by atoms with Crippen molar-refractivity contribution in [1.82, 2.24) is 9.55 Å². The van der Waals surface area contributed by atoms with E-state index in [1.165, 1.54) is 12.1 Å². The van der Waals surface area contributed by atoms with Crippen LogP contribution in [0, 0.1) is 10.6 Å². The van der Waals surface area contributed by atoms with Crippen LogP contribution in [0.2, 0.25) is 0 Å². The lowest BCUT2D eigenvalue weighted by atomic mass is 10.3. The van der Waals surface area contributed by atoms with Crippen molar-refractivity contribution in [2.24, 2.45) is 0 Å². The number of aromatic amines is 1. The molecular formula is C11H11FN2S. The van der Waals surface area contributed by atoms with E-state index < -0.39 is 0 Å². The second-order valence-corrected chi connectivity index (χ2v) is 4.02. The molecule has 78 valence electrons. The molecule has 0 aliphatic heterocycles. The van der Waals surface area contributed by atoms with E-state index in [2.05, 4.69) is 11.6 Å². The van der Waals surface area contributed by atoms with Crippen molar-refractivity contribution in [2.45, 2.75) is 13.5 Å². The largest absolute Gasteiger partial charge is 0.330 e. The van der Waals surface area contributed by atoms with Crippen molar-refractivity contribution in [2.75, 3.05) is 0 Å². The minimum absolute atomic E-state index is 0.263. The molecule has 0 fully saturated rings. The van der Waals surface area contributed by atoms with Crippen LogP contribution < -0.4 is 0 Å². The molecule has 2 rings (SSSR count). The average Bonchev–Trinajstić information content (AvgIpc) is 2.41. The van der Waals surface area contributed by atoms with Crippen molar-refractivity contribution in [3.05, 3.63) is 40.9 Å². The Morgan fingerprint density at radius 3 is 3.00 bits per heavy atom. The van der Waals surface area contributed by atoms with Gasteiger partial charge in [-0.3, -0.25) is 0 Å². The quantitative estimate of drug-likeness (QED) is 0.610. The lowest BCUT2D eigenvalue weighted by molar-refractivity contribution is 0.629. The first kappa shape index (κ1) is 10.1. The highest BCUT2D eigenvalue weighted by molar-refractivity contribution is 7.71. The number of hydrogen-bond donors (Lipinski definition) is 1. The number of aromatic nitrogens is 2. The fraction of sp³-hybridized carbons (Fsp3) is 0.182. The van der Waals surface area contributed by atoms with Crippen LogP contribution >= 0.6 is 12.2 Å². The zero-order valence-electron chi connectivity index (χ0n) is 8.38. The summed E-state index contributed by atoms with van der Waals surface area (Å²) in [6.45, 7) is 6.43. The highest BCUT2D eigenvalue weighted by Crippen LogP contribution is 2.16. The Labute approximate surface area is 92.0 Å². The number of benzene rings is 1. The van der Waals surface area contributed by atoms with Gasteiger partial charge in [0.2, 0.25) is 0 Å². The van der Waals surface area contributed by atoms with Crippen LogP contribution in [0.1, 0.15) is 6.92 Å². The van der Waals surface area contributed by atoms with Gasteiger partial charge in [0.15, 0.2) is 4.77 Å². The predicted molar refractivity (Wildman–Crippen MR) is 61.9 cm³/mol. The zero-order valence-corrected chi connectivity index (χ0v) is 9.20. The minimum Gasteiger partial charge on any atom is -0.330 e. The van der Waals surface area contributed by atoms with Crippen LogP contribution in [-0.2, 0) is 6.54 Å². The lowest BCUT2D eigenvalue weighted by Gasteiger charge is -2.02. The molecule has 1 aromatic carbocycles. The third-order valence-corrected chi connectivity index (χ3v) is 2.49. The van der Waals surface area contributed by atoms with E-state index in [9.17, 15) is 4.39 Å². The summed E-state index contributed by atoms with van der Waals surface area (Å²) in [6, 6.07) is 4.60. The number of H-pyrrole nitrogens is 1. The van der Waals surface area contributed by atoms with Crippen LogP contribution in [-0.4, -0.2) is 9.55 Å². The summed E-state index contributed by atoms with van der Waals surface area (Å²) in [5.74, 6) is -0.263. The molecule has 0 saturated carbocycles. The molecular weight excluding hydrogens is 211 g/mol. The molecule has 0 aliphatic rings. The van der Waals surface area contributed by atoms with Gasteiger partial charge in [0.25, 0.3) is 0 Å². The first-order valence-electron chi connectivity index (χ1n) is 4.60. The lowest BCUT2D eigenvalue weighted by Crippen LogP contribution is -1.97. The van der Waals surface area contributed by atoms with E-state index in [1.807, 2.05) is 11.5 Å². The fourth-order valence-electron chi connectivity index (χ4n) is 1.56. The standard InChI is InChI=1S/C11H11FN2S/c1-7(2)6-14-10-4-3-8(12)5-9(10)13-11(14)15/h3-5H,1,6H2,2H3,(H,13,15). The van der Waals surface area contributed by atoms with Crippen LogP contribution in [0.15, 0.2) is 30.4 Å². The molecule has 0 amide bonds. The van der Waals surface area contributed by atoms with E-state index in [0.717, 1.165) is 16.6 Å². The molecule has 1 N–H and O–H groups in total. The molecule has 0 atom stereocenters. The topological polar surface area (TPSA) is 20.7 Å².